The van der Waals surface area contributed by atoms with Crippen molar-refractivity contribution in [1.29, 1.82) is 0 Å². The smallest absolute Gasteiger partial charge is 0.243 e. The molecule has 1 saturated carbocycles. The van der Waals surface area contributed by atoms with Crippen molar-refractivity contribution in [2.45, 2.75) is 24.8 Å². The monoisotopic (exact) mass is 323 g/mol. The third-order valence-corrected chi connectivity index (χ3v) is 4.74. The van der Waals surface area contributed by atoms with Crippen LogP contribution in [0.25, 0.3) is 5.65 Å². The zero-order valence-electron chi connectivity index (χ0n) is 11.2. The van der Waals surface area contributed by atoms with Crippen LogP contribution in [0.5, 0.6) is 0 Å². The van der Waals surface area contributed by atoms with Crippen LogP contribution >= 0.6 is 15.9 Å². The Balaban J connectivity index is 1.77. The van der Waals surface area contributed by atoms with Crippen molar-refractivity contribution in [3.05, 3.63) is 22.8 Å². The van der Waals surface area contributed by atoms with Gasteiger partial charge in [0.25, 0.3) is 0 Å². The molecule has 0 unspecified atom stereocenters. The fourth-order valence-corrected chi connectivity index (χ4v) is 2.98. The van der Waals surface area contributed by atoms with Gasteiger partial charge in [0, 0.05) is 18.3 Å². The quantitative estimate of drug-likeness (QED) is 0.938. The lowest BCUT2D eigenvalue weighted by molar-refractivity contribution is 0.0737. The molecule has 0 spiro atoms. The second-order valence-corrected chi connectivity index (χ2v) is 6.24. The molecule has 1 N–H and O–H groups in total. The van der Waals surface area contributed by atoms with Gasteiger partial charge in [-0.05, 0) is 61.4 Å². The number of likely N-dealkylation sites (N-methyl/N-ethyl adjacent to an activating group) is 1. The molecule has 2 aromatic rings. The van der Waals surface area contributed by atoms with E-state index in [4.69, 9.17) is 0 Å². The maximum absolute atomic E-state index is 4.51. The number of anilines is 1. The van der Waals surface area contributed by atoms with E-state index in [0.29, 0.717) is 5.95 Å². The number of rotatable bonds is 4. The normalized spacial score (nSPS) is 17.7. The zero-order valence-corrected chi connectivity index (χ0v) is 12.8. The van der Waals surface area contributed by atoms with E-state index >= 15 is 0 Å². The van der Waals surface area contributed by atoms with Gasteiger partial charge < -0.3 is 10.2 Å². The lowest BCUT2D eigenvalue weighted by Gasteiger charge is -2.47. The summed E-state index contributed by atoms with van der Waals surface area (Å²) >= 11 is 3.49. The van der Waals surface area contributed by atoms with Gasteiger partial charge in [0.05, 0.1) is 4.47 Å². The molecule has 0 atom stereocenters. The average molecular weight is 324 g/mol. The summed E-state index contributed by atoms with van der Waals surface area (Å²) in [6.07, 6.45) is 5.70. The highest BCUT2D eigenvalue weighted by atomic mass is 79.9. The van der Waals surface area contributed by atoms with Crippen molar-refractivity contribution in [2.75, 3.05) is 26.0 Å². The molecule has 19 heavy (non-hydrogen) atoms. The van der Waals surface area contributed by atoms with E-state index in [1.807, 2.05) is 18.3 Å². The van der Waals surface area contributed by atoms with Crippen LogP contribution < -0.4 is 5.32 Å². The highest BCUT2D eigenvalue weighted by Gasteiger charge is 2.38. The highest BCUT2D eigenvalue weighted by Crippen LogP contribution is 2.36. The lowest BCUT2D eigenvalue weighted by Crippen LogP contribution is -2.54. The van der Waals surface area contributed by atoms with Crippen molar-refractivity contribution >= 4 is 27.5 Å². The van der Waals surface area contributed by atoms with Gasteiger partial charge in [-0.3, -0.25) is 0 Å². The number of nitrogens with zero attached hydrogens (tertiary/aromatic N) is 4. The first-order valence-electron chi connectivity index (χ1n) is 6.53. The van der Waals surface area contributed by atoms with E-state index in [1.165, 1.54) is 19.3 Å². The molecule has 1 fully saturated rings. The summed E-state index contributed by atoms with van der Waals surface area (Å²) in [4.78, 5) is 6.82. The number of hydrogen-bond acceptors (Lipinski definition) is 4. The minimum Gasteiger partial charge on any atom is -0.351 e. The maximum Gasteiger partial charge on any atom is 0.243 e. The van der Waals surface area contributed by atoms with Crippen LogP contribution in [0, 0.1) is 0 Å². The van der Waals surface area contributed by atoms with E-state index in [2.05, 4.69) is 50.3 Å². The molecule has 6 heteroatoms. The van der Waals surface area contributed by atoms with E-state index in [-0.39, 0.29) is 5.54 Å². The van der Waals surface area contributed by atoms with Gasteiger partial charge in [0.2, 0.25) is 5.95 Å². The van der Waals surface area contributed by atoms with Gasteiger partial charge in [-0.25, -0.2) is 4.52 Å². The first-order valence-corrected chi connectivity index (χ1v) is 7.32. The van der Waals surface area contributed by atoms with Crippen molar-refractivity contribution in [1.82, 2.24) is 19.5 Å². The van der Waals surface area contributed by atoms with Crippen molar-refractivity contribution in [3.63, 3.8) is 0 Å². The summed E-state index contributed by atoms with van der Waals surface area (Å²) in [7, 11) is 4.29. The van der Waals surface area contributed by atoms with Crippen LogP contribution in [0.3, 0.4) is 0 Å². The summed E-state index contributed by atoms with van der Waals surface area (Å²) in [6.45, 7) is 0.897. The zero-order chi connectivity index (χ0) is 13.5. The predicted octanol–water partition coefficient (Wildman–Crippen LogP) is 2.39. The van der Waals surface area contributed by atoms with E-state index in [9.17, 15) is 0 Å². The molecule has 1 aliphatic carbocycles. The van der Waals surface area contributed by atoms with Crippen LogP contribution in [0.15, 0.2) is 22.8 Å². The molecule has 0 amide bonds. The molecule has 0 bridgehead atoms. The average Bonchev–Trinajstić information content (AvgIpc) is 2.71. The Morgan fingerprint density at radius 1 is 1.47 bits per heavy atom. The van der Waals surface area contributed by atoms with Gasteiger partial charge in [0.15, 0.2) is 5.65 Å². The van der Waals surface area contributed by atoms with Gasteiger partial charge in [-0.1, -0.05) is 0 Å². The minimum absolute atomic E-state index is 0.273. The fraction of sp³-hybridized carbons (Fsp3) is 0.538. The Bertz CT molecular complexity index is 588. The Labute approximate surface area is 121 Å². The second kappa shape index (κ2) is 4.76. The molecule has 5 nitrogen and oxygen atoms in total. The molecule has 0 aliphatic heterocycles. The molecule has 2 aromatic heterocycles. The topological polar surface area (TPSA) is 45.5 Å². The van der Waals surface area contributed by atoms with Crippen molar-refractivity contribution < 1.29 is 0 Å². The molecule has 102 valence electrons. The van der Waals surface area contributed by atoms with Crippen molar-refractivity contribution in [3.8, 4) is 0 Å². The Morgan fingerprint density at radius 3 is 2.84 bits per heavy atom. The first-order chi connectivity index (χ1) is 9.11. The predicted molar refractivity (Wildman–Crippen MR) is 79.4 cm³/mol. The van der Waals surface area contributed by atoms with Crippen molar-refractivity contribution in [2.24, 2.45) is 0 Å². The van der Waals surface area contributed by atoms with Crippen LogP contribution in [0.4, 0.5) is 5.95 Å². The number of nitrogens with one attached hydrogen (secondary N) is 1. The second-order valence-electron chi connectivity index (χ2n) is 5.39. The molecule has 0 aromatic carbocycles. The third-order valence-electron chi connectivity index (χ3n) is 4.12. The Morgan fingerprint density at radius 2 is 2.26 bits per heavy atom. The van der Waals surface area contributed by atoms with Crippen LogP contribution in [0.1, 0.15) is 19.3 Å². The van der Waals surface area contributed by atoms with Crippen LogP contribution in [-0.4, -0.2) is 45.7 Å². The van der Waals surface area contributed by atoms with Gasteiger partial charge >= 0.3 is 0 Å². The molecular formula is C13H18BrN5. The highest BCUT2D eigenvalue weighted by molar-refractivity contribution is 9.10. The van der Waals surface area contributed by atoms with E-state index in [0.717, 1.165) is 16.7 Å². The van der Waals surface area contributed by atoms with Gasteiger partial charge in [-0.2, -0.15) is 4.98 Å². The molecule has 0 radical (unpaired) electrons. The summed E-state index contributed by atoms with van der Waals surface area (Å²) in [5, 5.41) is 7.82. The number of halogens is 1. The van der Waals surface area contributed by atoms with E-state index < -0.39 is 0 Å². The SMILES string of the molecule is CN(C)C1(CNc2nc3c(Br)cccn3n2)CCC1. The minimum atomic E-state index is 0.273. The summed E-state index contributed by atoms with van der Waals surface area (Å²) in [5.41, 5.74) is 1.12. The van der Waals surface area contributed by atoms with Gasteiger partial charge in [-0.15, -0.1) is 5.10 Å². The van der Waals surface area contributed by atoms with Crippen LogP contribution in [0.2, 0.25) is 0 Å². The molecule has 1 aliphatic rings. The Kier molecular flexibility index (Phi) is 3.22. The Hall–Kier alpha value is -1.14. The number of aromatic nitrogens is 3. The number of hydrogen-bond donors (Lipinski definition) is 1. The first kappa shape index (κ1) is 12.9. The number of pyridine rings is 1. The largest absolute Gasteiger partial charge is 0.351 e. The molecule has 2 heterocycles. The van der Waals surface area contributed by atoms with E-state index in [1.54, 1.807) is 4.52 Å². The summed E-state index contributed by atoms with van der Waals surface area (Å²) < 4.78 is 2.75. The standard InChI is InChI=1S/C13H18BrN5/c1-18(2)13(6-4-7-13)9-15-12-16-11-10(14)5-3-8-19(11)17-12/h3,5,8H,4,6-7,9H2,1-2H3,(H,15,17). The maximum atomic E-state index is 4.51. The fourth-order valence-electron chi connectivity index (χ4n) is 2.56. The lowest BCUT2D eigenvalue weighted by atomic mass is 9.75. The summed E-state index contributed by atoms with van der Waals surface area (Å²) in [6, 6.07) is 3.92. The molecule has 0 saturated heterocycles. The third kappa shape index (κ3) is 2.23. The summed E-state index contributed by atoms with van der Waals surface area (Å²) in [5.74, 6) is 0.694. The molecular weight excluding hydrogens is 306 g/mol. The van der Waals surface area contributed by atoms with Crippen LogP contribution in [-0.2, 0) is 0 Å². The van der Waals surface area contributed by atoms with Gasteiger partial charge in [0.1, 0.15) is 0 Å². The molecule has 3 rings (SSSR count). The number of fused-ring (bicyclic) bond motifs is 1.